The summed E-state index contributed by atoms with van der Waals surface area (Å²) in [5.74, 6) is 1.33. The second kappa shape index (κ2) is 7.51. The highest BCUT2D eigenvalue weighted by Gasteiger charge is 2.18. The van der Waals surface area contributed by atoms with Gasteiger partial charge in [0.05, 0.1) is 18.4 Å². The van der Waals surface area contributed by atoms with Crippen LogP contribution < -0.4 is 5.32 Å². The van der Waals surface area contributed by atoms with Crippen LogP contribution in [0.2, 0.25) is 0 Å². The maximum atomic E-state index is 10.1. The van der Waals surface area contributed by atoms with Gasteiger partial charge in [-0.25, -0.2) is 0 Å². The normalized spacial score (nSPS) is 15.1. The van der Waals surface area contributed by atoms with Crippen LogP contribution in [0.25, 0.3) is 0 Å². The monoisotopic (exact) mass is 239 g/mol. The minimum Gasteiger partial charge on any atom is -0.468 e. The second-order valence-corrected chi connectivity index (χ2v) is 4.53. The molecule has 0 fully saturated rings. The molecule has 0 saturated carbocycles. The molecule has 2 unspecified atom stereocenters. The third-order valence-corrected chi connectivity index (χ3v) is 3.46. The van der Waals surface area contributed by atoms with Crippen molar-refractivity contribution in [2.24, 2.45) is 5.92 Å². The van der Waals surface area contributed by atoms with E-state index in [2.05, 4.69) is 26.1 Å². The molecule has 0 spiro atoms. The van der Waals surface area contributed by atoms with Crippen molar-refractivity contribution in [2.45, 2.75) is 52.2 Å². The van der Waals surface area contributed by atoms with E-state index in [-0.39, 0.29) is 12.1 Å². The highest BCUT2D eigenvalue weighted by atomic mass is 16.3. The molecule has 2 atom stereocenters. The molecule has 1 rings (SSSR count). The van der Waals surface area contributed by atoms with Crippen molar-refractivity contribution in [1.29, 1.82) is 0 Å². The summed E-state index contributed by atoms with van der Waals surface area (Å²) >= 11 is 0. The van der Waals surface area contributed by atoms with Crippen molar-refractivity contribution in [3.63, 3.8) is 0 Å². The lowest BCUT2D eigenvalue weighted by molar-refractivity contribution is 0.0971. The van der Waals surface area contributed by atoms with E-state index in [0.717, 1.165) is 25.0 Å². The Hall–Kier alpha value is -0.800. The van der Waals surface area contributed by atoms with Crippen LogP contribution in [0.3, 0.4) is 0 Å². The topological polar surface area (TPSA) is 45.4 Å². The van der Waals surface area contributed by atoms with E-state index in [1.807, 2.05) is 12.1 Å². The first-order chi connectivity index (χ1) is 8.22. The smallest absolute Gasteiger partial charge is 0.120 e. The van der Waals surface area contributed by atoms with Gasteiger partial charge < -0.3 is 14.8 Å². The summed E-state index contributed by atoms with van der Waals surface area (Å²) in [6.07, 6.45) is 4.43. The van der Waals surface area contributed by atoms with Gasteiger partial charge in [0.25, 0.3) is 0 Å². The molecule has 17 heavy (non-hydrogen) atoms. The van der Waals surface area contributed by atoms with Crippen molar-refractivity contribution < 1.29 is 9.52 Å². The van der Waals surface area contributed by atoms with Crippen LogP contribution in [-0.4, -0.2) is 17.8 Å². The summed E-state index contributed by atoms with van der Waals surface area (Å²) in [6.45, 7) is 7.00. The number of aliphatic hydroxyl groups excluding tert-OH is 1. The van der Waals surface area contributed by atoms with Crippen LogP contribution in [-0.2, 0) is 0 Å². The van der Waals surface area contributed by atoms with Crippen molar-refractivity contribution in [2.75, 3.05) is 6.54 Å². The molecule has 0 amide bonds. The van der Waals surface area contributed by atoms with Gasteiger partial charge in [0.2, 0.25) is 0 Å². The minimum atomic E-state index is -0.269. The van der Waals surface area contributed by atoms with E-state index in [1.54, 1.807) is 6.26 Å². The second-order valence-electron chi connectivity index (χ2n) is 4.53. The van der Waals surface area contributed by atoms with E-state index >= 15 is 0 Å². The van der Waals surface area contributed by atoms with Crippen LogP contribution in [0, 0.1) is 5.92 Å². The third kappa shape index (κ3) is 4.17. The molecule has 3 heteroatoms. The largest absolute Gasteiger partial charge is 0.468 e. The lowest BCUT2D eigenvalue weighted by Gasteiger charge is -2.23. The van der Waals surface area contributed by atoms with Crippen LogP contribution in [0.5, 0.6) is 0 Å². The molecule has 0 aliphatic heterocycles. The van der Waals surface area contributed by atoms with Crippen molar-refractivity contribution in [1.82, 2.24) is 5.32 Å². The van der Waals surface area contributed by atoms with Crippen LogP contribution in [0.15, 0.2) is 22.8 Å². The number of hydrogen-bond acceptors (Lipinski definition) is 3. The fourth-order valence-corrected chi connectivity index (χ4v) is 2.20. The predicted molar refractivity (Wildman–Crippen MR) is 69.8 cm³/mol. The molecule has 1 heterocycles. The SMILES string of the molecule is CCC(NCC(O)C(CC)CC)c1ccco1. The van der Waals surface area contributed by atoms with E-state index in [4.69, 9.17) is 4.42 Å². The highest BCUT2D eigenvalue weighted by molar-refractivity contribution is 5.04. The molecule has 0 bridgehead atoms. The minimum absolute atomic E-state index is 0.203. The molecular weight excluding hydrogens is 214 g/mol. The zero-order valence-corrected chi connectivity index (χ0v) is 11.1. The molecule has 1 aromatic rings. The van der Waals surface area contributed by atoms with Gasteiger partial charge in [0.1, 0.15) is 5.76 Å². The Morgan fingerprint density at radius 3 is 2.41 bits per heavy atom. The number of aliphatic hydroxyl groups is 1. The first kappa shape index (κ1) is 14.3. The Morgan fingerprint density at radius 2 is 1.94 bits per heavy atom. The molecular formula is C14H25NO2. The molecule has 0 aromatic carbocycles. The summed E-state index contributed by atoms with van der Waals surface area (Å²) in [7, 11) is 0. The molecule has 0 aliphatic carbocycles. The van der Waals surface area contributed by atoms with Gasteiger partial charge in [-0.1, -0.05) is 33.6 Å². The summed E-state index contributed by atoms with van der Waals surface area (Å²) in [5, 5.41) is 13.4. The molecule has 98 valence electrons. The van der Waals surface area contributed by atoms with Crippen molar-refractivity contribution in [3.8, 4) is 0 Å². The number of nitrogens with one attached hydrogen (secondary N) is 1. The highest BCUT2D eigenvalue weighted by Crippen LogP contribution is 2.18. The van der Waals surface area contributed by atoms with Crippen LogP contribution >= 0.6 is 0 Å². The maximum absolute atomic E-state index is 10.1. The Balaban J connectivity index is 2.43. The fourth-order valence-electron chi connectivity index (χ4n) is 2.20. The fraction of sp³-hybridized carbons (Fsp3) is 0.714. The van der Waals surface area contributed by atoms with Gasteiger partial charge in [-0.2, -0.15) is 0 Å². The van der Waals surface area contributed by atoms with E-state index in [1.165, 1.54) is 0 Å². The summed E-state index contributed by atoms with van der Waals surface area (Å²) in [5.41, 5.74) is 0. The van der Waals surface area contributed by atoms with Crippen molar-refractivity contribution >= 4 is 0 Å². The standard InChI is InChI=1S/C14H25NO2/c1-4-11(5-2)13(16)10-15-12(6-3)14-8-7-9-17-14/h7-9,11-13,15-16H,4-6,10H2,1-3H3. The molecule has 0 saturated heterocycles. The van der Waals surface area contributed by atoms with Gasteiger partial charge in [0.15, 0.2) is 0 Å². The lowest BCUT2D eigenvalue weighted by Crippen LogP contribution is -2.34. The average Bonchev–Trinajstić information content (AvgIpc) is 2.85. The van der Waals surface area contributed by atoms with Crippen LogP contribution in [0.4, 0.5) is 0 Å². The number of rotatable bonds is 8. The predicted octanol–water partition coefficient (Wildman–Crippen LogP) is 3.12. The Bertz CT molecular complexity index is 280. The first-order valence-electron chi connectivity index (χ1n) is 6.67. The van der Waals surface area contributed by atoms with E-state index < -0.39 is 0 Å². The maximum Gasteiger partial charge on any atom is 0.120 e. The van der Waals surface area contributed by atoms with Crippen LogP contribution in [0.1, 0.15) is 51.8 Å². The Labute approximate surface area is 104 Å². The molecule has 3 nitrogen and oxygen atoms in total. The van der Waals surface area contributed by atoms with E-state index in [0.29, 0.717) is 12.5 Å². The number of hydrogen-bond donors (Lipinski definition) is 2. The molecule has 0 radical (unpaired) electrons. The molecule has 1 aromatic heterocycles. The summed E-state index contributed by atoms with van der Waals surface area (Å²) in [4.78, 5) is 0. The summed E-state index contributed by atoms with van der Waals surface area (Å²) < 4.78 is 5.39. The number of furan rings is 1. The van der Waals surface area contributed by atoms with Gasteiger partial charge in [-0.3, -0.25) is 0 Å². The van der Waals surface area contributed by atoms with E-state index in [9.17, 15) is 5.11 Å². The molecule has 2 N–H and O–H groups in total. The van der Waals surface area contributed by atoms with Gasteiger partial charge >= 0.3 is 0 Å². The lowest BCUT2D eigenvalue weighted by atomic mass is 9.96. The summed E-state index contributed by atoms with van der Waals surface area (Å²) in [6, 6.07) is 4.08. The zero-order valence-electron chi connectivity index (χ0n) is 11.1. The molecule has 0 aliphatic rings. The quantitative estimate of drug-likeness (QED) is 0.732. The zero-order chi connectivity index (χ0) is 12.7. The van der Waals surface area contributed by atoms with Gasteiger partial charge in [0, 0.05) is 6.54 Å². The van der Waals surface area contributed by atoms with Crippen molar-refractivity contribution in [3.05, 3.63) is 24.2 Å². The third-order valence-electron chi connectivity index (χ3n) is 3.46. The average molecular weight is 239 g/mol. The Kier molecular flexibility index (Phi) is 6.30. The Morgan fingerprint density at radius 1 is 1.24 bits per heavy atom. The van der Waals surface area contributed by atoms with Gasteiger partial charge in [-0.05, 0) is 24.5 Å². The first-order valence-corrected chi connectivity index (χ1v) is 6.67. The van der Waals surface area contributed by atoms with Gasteiger partial charge in [-0.15, -0.1) is 0 Å².